The van der Waals surface area contributed by atoms with Crippen LogP contribution in [0.25, 0.3) is 0 Å². The summed E-state index contributed by atoms with van der Waals surface area (Å²) in [6.07, 6.45) is 2.79. The quantitative estimate of drug-likeness (QED) is 0.565. The second kappa shape index (κ2) is 10.4. The Morgan fingerprint density at radius 3 is 2.29 bits per heavy atom. The van der Waals surface area contributed by atoms with Crippen LogP contribution in [0.15, 0.2) is 24.3 Å². The minimum atomic E-state index is -1.12. The Morgan fingerprint density at radius 1 is 1.15 bits per heavy atom. The first kappa shape index (κ1) is 25.5. The number of rotatable bonds is 7. The van der Waals surface area contributed by atoms with E-state index in [9.17, 15) is 19.8 Å². The summed E-state index contributed by atoms with van der Waals surface area (Å²) in [5.74, 6) is -1.27. The van der Waals surface area contributed by atoms with E-state index in [2.05, 4.69) is 65.2 Å². The zero-order valence-electron chi connectivity index (χ0n) is 20.8. The molecule has 0 saturated carbocycles. The van der Waals surface area contributed by atoms with Gasteiger partial charge in [0.05, 0.1) is 5.69 Å². The highest BCUT2D eigenvalue weighted by Gasteiger charge is 2.26. The highest BCUT2D eigenvalue weighted by molar-refractivity contribution is 5.97. The van der Waals surface area contributed by atoms with Crippen molar-refractivity contribution in [1.29, 1.82) is 0 Å². The fraction of sp³-hybridized carbons (Fsp3) is 0.538. The predicted molar refractivity (Wildman–Crippen MR) is 131 cm³/mol. The molecule has 1 saturated heterocycles. The average Bonchev–Trinajstić information content (AvgIpc) is 2.79. The molecule has 1 aromatic carbocycles. The van der Waals surface area contributed by atoms with E-state index >= 15 is 0 Å². The highest BCUT2D eigenvalue weighted by Crippen LogP contribution is 2.29. The minimum absolute atomic E-state index is 0.134. The number of benzene rings is 1. The first-order chi connectivity index (χ1) is 16.0. The van der Waals surface area contributed by atoms with Gasteiger partial charge >= 0.3 is 5.97 Å². The maximum atomic E-state index is 12.6. The zero-order valence-corrected chi connectivity index (χ0v) is 20.8. The summed E-state index contributed by atoms with van der Waals surface area (Å²) in [7, 11) is 0. The summed E-state index contributed by atoms with van der Waals surface area (Å²) in [4.78, 5) is 34.9. The van der Waals surface area contributed by atoms with Gasteiger partial charge in [0.2, 0.25) is 0 Å². The lowest BCUT2D eigenvalue weighted by molar-refractivity contribution is -0.139. The van der Waals surface area contributed by atoms with Crippen LogP contribution in [0, 0.1) is 12.8 Å². The molecule has 1 aliphatic heterocycles. The van der Waals surface area contributed by atoms with Crippen molar-refractivity contribution >= 4 is 17.6 Å². The van der Waals surface area contributed by atoms with E-state index in [1.807, 2.05) is 0 Å². The molecule has 0 spiro atoms. The third-order valence-electron chi connectivity index (χ3n) is 6.52. The molecule has 8 heteroatoms. The highest BCUT2D eigenvalue weighted by atomic mass is 16.4. The monoisotopic (exact) mass is 468 g/mol. The van der Waals surface area contributed by atoms with E-state index < -0.39 is 17.9 Å². The normalized spacial score (nSPS) is 15.7. The summed E-state index contributed by atoms with van der Waals surface area (Å²) in [5, 5.41) is 21.9. The number of carboxylic acids is 1. The van der Waals surface area contributed by atoms with Crippen molar-refractivity contribution in [3.63, 3.8) is 0 Å². The van der Waals surface area contributed by atoms with Gasteiger partial charge in [-0.15, -0.1) is 0 Å². The fourth-order valence-electron chi connectivity index (χ4n) is 4.27. The van der Waals surface area contributed by atoms with Crippen molar-refractivity contribution in [3.8, 4) is 5.75 Å². The Hall–Kier alpha value is -3.16. The molecule has 3 N–H and O–H groups in total. The number of aromatic nitrogens is 2. The molecule has 0 radical (unpaired) electrons. The number of nitrogens with zero attached hydrogens (tertiary/aromatic N) is 3. The van der Waals surface area contributed by atoms with Crippen molar-refractivity contribution in [2.45, 2.75) is 71.8 Å². The van der Waals surface area contributed by atoms with Gasteiger partial charge in [-0.05, 0) is 55.2 Å². The molecule has 3 rings (SSSR count). The van der Waals surface area contributed by atoms with Gasteiger partial charge in [0.25, 0.3) is 5.91 Å². The molecule has 1 atom stereocenters. The number of nitrogens with one attached hydrogen (secondary N) is 1. The molecule has 8 nitrogen and oxygen atoms in total. The summed E-state index contributed by atoms with van der Waals surface area (Å²) < 4.78 is 0. The number of carboxylic acid groups (broad SMARTS) is 1. The summed E-state index contributed by atoms with van der Waals surface area (Å²) in [6, 6.07) is 7.76. The van der Waals surface area contributed by atoms with Crippen molar-refractivity contribution in [2.24, 2.45) is 5.92 Å². The first-order valence-corrected chi connectivity index (χ1v) is 11.9. The van der Waals surface area contributed by atoms with Gasteiger partial charge in [0, 0.05) is 25.2 Å². The molecule has 1 fully saturated rings. The number of hydrogen-bond donors (Lipinski definition) is 3. The molecular formula is C26H36N4O4. The van der Waals surface area contributed by atoms with Crippen LogP contribution in [0.4, 0.5) is 5.69 Å². The number of piperidine rings is 1. The van der Waals surface area contributed by atoms with Gasteiger partial charge in [-0.3, -0.25) is 4.79 Å². The van der Waals surface area contributed by atoms with Gasteiger partial charge in [-0.2, -0.15) is 0 Å². The lowest BCUT2D eigenvalue weighted by Gasteiger charge is -2.34. The number of aliphatic carboxylic acids is 1. The van der Waals surface area contributed by atoms with Crippen LogP contribution < -0.4 is 10.2 Å². The summed E-state index contributed by atoms with van der Waals surface area (Å²) >= 11 is 0. The zero-order chi connectivity index (χ0) is 25.0. The molecule has 1 aromatic heterocycles. The van der Waals surface area contributed by atoms with Crippen LogP contribution in [0.5, 0.6) is 5.75 Å². The van der Waals surface area contributed by atoms with Crippen LogP contribution in [0.3, 0.4) is 0 Å². The third-order valence-corrected chi connectivity index (χ3v) is 6.52. The molecular weight excluding hydrogens is 432 g/mol. The van der Waals surface area contributed by atoms with Crippen LogP contribution in [-0.4, -0.2) is 51.2 Å². The van der Waals surface area contributed by atoms with E-state index in [0.29, 0.717) is 23.9 Å². The van der Waals surface area contributed by atoms with E-state index in [1.54, 1.807) is 13.8 Å². The molecule has 1 aliphatic rings. The van der Waals surface area contributed by atoms with Crippen LogP contribution in [-0.2, 0) is 16.6 Å². The number of amides is 1. The Bertz CT molecular complexity index is 1020. The van der Waals surface area contributed by atoms with Gasteiger partial charge in [0.15, 0.2) is 11.4 Å². The number of aromatic hydroxyl groups is 1. The SMILES string of the molecule is CCC(NC(=O)c1nc(CC2CCN(c3ccc(C(C)(C)C)cc3)CC2)nc(C)c1O)C(=O)O. The topological polar surface area (TPSA) is 116 Å². The molecule has 1 amide bonds. The second-order valence-corrected chi connectivity index (χ2v) is 10.1. The van der Waals surface area contributed by atoms with Crippen molar-refractivity contribution < 1.29 is 19.8 Å². The largest absolute Gasteiger partial charge is 0.504 e. The van der Waals surface area contributed by atoms with E-state index in [4.69, 9.17) is 0 Å². The van der Waals surface area contributed by atoms with Crippen LogP contribution in [0.1, 0.15) is 74.5 Å². The van der Waals surface area contributed by atoms with Gasteiger partial charge in [-0.25, -0.2) is 14.8 Å². The van der Waals surface area contributed by atoms with Crippen molar-refractivity contribution in [2.75, 3.05) is 18.0 Å². The molecule has 34 heavy (non-hydrogen) atoms. The Labute approximate surface area is 201 Å². The third kappa shape index (κ3) is 6.04. The Morgan fingerprint density at radius 2 is 1.76 bits per heavy atom. The molecule has 0 aliphatic carbocycles. The number of anilines is 1. The standard InChI is InChI=1S/C26H36N4O4/c1-6-20(25(33)34)28-24(32)22-23(31)16(2)27-21(29-22)15-17-11-13-30(14-12-17)19-9-7-18(8-10-19)26(3,4)5/h7-10,17,20,31H,6,11-15H2,1-5H3,(H,28,32)(H,33,34). The van der Waals surface area contributed by atoms with Crippen LogP contribution in [0.2, 0.25) is 0 Å². The molecule has 0 bridgehead atoms. The van der Waals surface area contributed by atoms with E-state index in [-0.39, 0.29) is 23.3 Å². The second-order valence-electron chi connectivity index (χ2n) is 10.1. The van der Waals surface area contributed by atoms with Crippen molar-refractivity contribution in [1.82, 2.24) is 15.3 Å². The van der Waals surface area contributed by atoms with E-state index in [1.165, 1.54) is 11.3 Å². The minimum Gasteiger partial charge on any atom is -0.504 e. The fourth-order valence-corrected chi connectivity index (χ4v) is 4.27. The van der Waals surface area contributed by atoms with Gasteiger partial charge in [-0.1, -0.05) is 39.8 Å². The number of carbonyl (C=O) groups excluding carboxylic acids is 1. The van der Waals surface area contributed by atoms with Crippen molar-refractivity contribution in [3.05, 3.63) is 47.0 Å². The smallest absolute Gasteiger partial charge is 0.326 e. The predicted octanol–water partition coefficient (Wildman–Crippen LogP) is 3.84. The maximum Gasteiger partial charge on any atom is 0.326 e. The number of carbonyl (C=O) groups is 2. The van der Waals surface area contributed by atoms with Gasteiger partial charge in [0.1, 0.15) is 11.9 Å². The number of aryl methyl sites for hydroxylation is 1. The Balaban J connectivity index is 1.64. The lowest BCUT2D eigenvalue weighted by Crippen LogP contribution is -2.40. The van der Waals surface area contributed by atoms with Crippen LogP contribution >= 0.6 is 0 Å². The molecule has 1 unspecified atom stereocenters. The summed E-state index contributed by atoms with van der Waals surface area (Å²) in [6.45, 7) is 11.8. The average molecular weight is 469 g/mol. The summed E-state index contributed by atoms with van der Waals surface area (Å²) in [5.41, 5.74) is 2.83. The molecule has 2 heterocycles. The first-order valence-electron chi connectivity index (χ1n) is 11.9. The lowest BCUT2D eigenvalue weighted by atomic mass is 9.87. The Kier molecular flexibility index (Phi) is 7.79. The van der Waals surface area contributed by atoms with E-state index in [0.717, 1.165) is 25.9 Å². The molecule has 184 valence electrons. The number of hydrogen-bond acceptors (Lipinski definition) is 6. The maximum absolute atomic E-state index is 12.6. The van der Waals surface area contributed by atoms with Gasteiger partial charge < -0.3 is 20.4 Å². The molecule has 2 aromatic rings.